The summed E-state index contributed by atoms with van der Waals surface area (Å²) in [6.07, 6.45) is 2.69. The highest BCUT2D eigenvalue weighted by atomic mass is 32.1. The summed E-state index contributed by atoms with van der Waals surface area (Å²) in [5.74, 6) is -1.41. The maximum atomic E-state index is 12.0. The second-order valence-corrected chi connectivity index (χ2v) is 5.16. The van der Waals surface area contributed by atoms with Crippen molar-refractivity contribution in [1.29, 1.82) is 0 Å². The molecule has 1 atom stereocenters. The van der Waals surface area contributed by atoms with Crippen molar-refractivity contribution in [2.75, 3.05) is 0 Å². The van der Waals surface area contributed by atoms with E-state index in [1.54, 1.807) is 13.0 Å². The fourth-order valence-corrected chi connectivity index (χ4v) is 2.41. The molecule has 104 valence electrons. The van der Waals surface area contributed by atoms with Crippen LogP contribution in [0.1, 0.15) is 33.5 Å². The molecule has 1 amide bonds. The number of nitrogens with zero attached hydrogens (tertiary/aromatic N) is 2. The molecular formula is C13H13N3O3S. The van der Waals surface area contributed by atoms with Gasteiger partial charge in [0.2, 0.25) is 0 Å². The van der Waals surface area contributed by atoms with Gasteiger partial charge in [0.1, 0.15) is 5.69 Å². The van der Waals surface area contributed by atoms with Gasteiger partial charge in [-0.05, 0) is 18.4 Å². The lowest BCUT2D eigenvalue weighted by Crippen LogP contribution is -2.30. The summed E-state index contributed by atoms with van der Waals surface area (Å²) >= 11 is 1.40. The fourth-order valence-electron chi connectivity index (χ4n) is 1.63. The molecule has 0 aliphatic rings. The minimum atomic E-state index is -0.973. The topological polar surface area (TPSA) is 92.2 Å². The van der Waals surface area contributed by atoms with Crippen LogP contribution in [-0.4, -0.2) is 27.0 Å². The average Bonchev–Trinajstić information content (AvgIpc) is 2.92. The molecule has 2 heterocycles. The zero-order valence-electron chi connectivity index (χ0n) is 10.7. The van der Waals surface area contributed by atoms with E-state index in [1.165, 1.54) is 23.7 Å². The third kappa shape index (κ3) is 3.61. The second-order valence-electron chi connectivity index (χ2n) is 4.18. The predicted molar refractivity (Wildman–Crippen MR) is 73.5 cm³/mol. The zero-order chi connectivity index (χ0) is 14.5. The van der Waals surface area contributed by atoms with Crippen LogP contribution in [0.4, 0.5) is 0 Å². The number of carbonyl (C=O) groups excluding carboxylic acids is 1. The minimum Gasteiger partial charge on any atom is -0.481 e. The van der Waals surface area contributed by atoms with Crippen LogP contribution >= 0.6 is 11.3 Å². The molecule has 0 aliphatic carbocycles. The van der Waals surface area contributed by atoms with Gasteiger partial charge in [0, 0.05) is 11.1 Å². The third-order valence-electron chi connectivity index (χ3n) is 2.58. The van der Waals surface area contributed by atoms with Crippen LogP contribution in [-0.2, 0) is 4.79 Å². The Morgan fingerprint density at radius 1 is 1.40 bits per heavy atom. The number of carboxylic acid groups (broad SMARTS) is 1. The summed E-state index contributed by atoms with van der Waals surface area (Å²) in [5.41, 5.74) is 0.879. The number of rotatable bonds is 5. The van der Waals surface area contributed by atoms with Crippen LogP contribution < -0.4 is 5.32 Å². The first-order valence-corrected chi connectivity index (χ1v) is 6.79. The van der Waals surface area contributed by atoms with Gasteiger partial charge in [0.25, 0.3) is 5.91 Å². The van der Waals surface area contributed by atoms with Gasteiger partial charge in [-0.2, -0.15) is 0 Å². The van der Waals surface area contributed by atoms with Crippen molar-refractivity contribution in [3.05, 3.63) is 46.2 Å². The summed E-state index contributed by atoms with van der Waals surface area (Å²) in [7, 11) is 0. The van der Waals surface area contributed by atoms with E-state index >= 15 is 0 Å². The normalized spacial score (nSPS) is 11.8. The van der Waals surface area contributed by atoms with Gasteiger partial charge in [0.15, 0.2) is 0 Å². The van der Waals surface area contributed by atoms with Crippen molar-refractivity contribution in [1.82, 2.24) is 15.3 Å². The van der Waals surface area contributed by atoms with Gasteiger partial charge < -0.3 is 10.4 Å². The third-order valence-corrected chi connectivity index (χ3v) is 3.57. The number of aliphatic carboxylic acids is 1. The molecule has 6 nitrogen and oxygen atoms in total. The molecule has 0 spiro atoms. The van der Waals surface area contributed by atoms with E-state index in [9.17, 15) is 9.59 Å². The van der Waals surface area contributed by atoms with Crippen LogP contribution in [0.5, 0.6) is 0 Å². The van der Waals surface area contributed by atoms with Gasteiger partial charge in [-0.3, -0.25) is 14.6 Å². The Hall–Kier alpha value is -2.28. The molecule has 0 bridgehead atoms. The highest BCUT2D eigenvalue weighted by Crippen LogP contribution is 2.22. The summed E-state index contributed by atoms with van der Waals surface area (Å²) in [4.78, 5) is 31.7. The second kappa shape index (κ2) is 6.25. The minimum absolute atomic E-state index is 0.169. The number of nitrogens with one attached hydrogen (secondary N) is 1. The van der Waals surface area contributed by atoms with E-state index in [4.69, 9.17) is 5.11 Å². The first-order valence-electron chi connectivity index (χ1n) is 5.91. The zero-order valence-corrected chi connectivity index (χ0v) is 11.6. The molecular weight excluding hydrogens is 278 g/mol. The first kappa shape index (κ1) is 14.1. The molecule has 2 aromatic heterocycles. The van der Waals surface area contributed by atoms with Crippen molar-refractivity contribution in [2.45, 2.75) is 19.4 Å². The van der Waals surface area contributed by atoms with Crippen LogP contribution in [0.15, 0.2) is 29.9 Å². The number of hydrogen-bond donors (Lipinski definition) is 2. The Bertz CT molecular complexity index is 596. The van der Waals surface area contributed by atoms with E-state index in [2.05, 4.69) is 15.3 Å². The summed E-state index contributed by atoms with van der Waals surface area (Å²) in [6, 6.07) is 3.04. The predicted octanol–water partition coefficient (Wildman–Crippen LogP) is 1.79. The van der Waals surface area contributed by atoms with Crippen molar-refractivity contribution in [2.24, 2.45) is 0 Å². The molecule has 0 fully saturated rings. The van der Waals surface area contributed by atoms with Crippen LogP contribution in [0.3, 0.4) is 0 Å². The molecule has 0 unspecified atom stereocenters. The number of thiophene rings is 1. The highest BCUT2D eigenvalue weighted by molar-refractivity contribution is 7.10. The van der Waals surface area contributed by atoms with Crippen molar-refractivity contribution < 1.29 is 14.7 Å². The first-order chi connectivity index (χ1) is 9.56. The Kier molecular flexibility index (Phi) is 4.41. The molecule has 2 N–H and O–H groups in total. The molecule has 0 saturated carbocycles. The van der Waals surface area contributed by atoms with E-state index < -0.39 is 17.9 Å². The van der Waals surface area contributed by atoms with Gasteiger partial charge in [0.05, 0.1) is 24.4 Å². The van der Waals surface area contributed by atoms with Gasteiger partial charge in [-0.15, -0.1) is 11.3 Å². The monoisotopic (exact) mass is 291 g/mol. The Balaban J connectivity index is 2.13. The van der Waals surface area contributed by atoms with Crippen molar-refractivity contribution >= 4 is 23.2 Å². The van der Waals surface area contributed by atoms with Gasteiger partial charge in [-0.1, -0.05) is 6.07 Å². The Morgan fingerprint density at radius 2 is 2.20 bits per heavy atom. The molecule has 7 heteroatoms. The van der Waals surface area contributed by atoms with E-state index in [-0.39, 0.29) is 12.1 Å². The maximum absolute atomic E-state index is 12.0. The van der Waals surface area contributed by atoms with Gasteiger partial charge >= 0.3 is 5.97 Å². The largest absolute Gasteiger partial charge is 0.481 e. The number of carbonyl (C=O) groups is 2. The van der Waals surface area contributed by atoms with Crippen LogP contribution in [0, 0.1) is 6.92 Å². The maximum Gasteiger partial charge on any atom is 0.305 e. The van der Waals surface area contributed by atoms with Crippen LogP contribution in [0.25, 0.3) is 0 Å². The Morgan fingerprint density at radius 3 is 2.75 bits per heavy atom. The molecule has 2 aromatic rings. The number of amides is 1. The van der Waals surface area contributed by atoms with Crippen LogP contribution in [0.2, 0.25) is 0 Å². The van der Waals surface area contributed by atoms with Crippen molar-refractivity contribution in [3.8, 4) is 0 Å². The smallest absolute Gasteiger partial charge is 0.305 e. The summed E-state index contributed by atoms with van der Waals surface area (Å²) in [6.45, 7) is 1.77. The van der Waals surface area contributed by atoms with Crippen molar-refractivity contribution in [3.63, 3.8) is 0 Å². The molecule has 0 aliphatic heterocycles. The van der Waals surface area contributed by atoms with E-state index in [0.29, 0.717) is 5.69 Å². The molecule has 0 aromatic carbocycles. The lowest BCUT2D eigenvalue weighted by Gasteiger charge is -2.15. The summed E-state index contributed by atoms with van der Waals surface area (Å²) in [5, 5.41) is 13.4. The number of aromatic nitrogens is 2. The highest BCUT2D eigenvalue weighted by Gasteiger charge is 2.20. The van der Waals surface area contributed by atoms with Gasteiger partial charge in [-0.25, -0.2) is 4.98 Å². The average molecular weight is 291 g/mol. The number of hydrogen-bond acceptors (Lipinski definition) is 5. The standard InChI is InChI=1S/C13H13N3O3S/c1-8-6-15-10(7-14-8)13(19)16-9(5-12(17)18)11-3-2-4-20-11/h2-4,6-7,9H,5H2,1H3,(H,16,19)(H,17,18)/t9-/m1/s1. The number of carboxylic acids is 1. The lowest BCUT2D eigenvalue weighted by atomic mass is 10.1. The Labute approximate surface area is 119 Å². The summed E-state index contributed by atoms with van der Waals surface area (Å²) < 4.78 is 0. The van der Waals surface area contributed by atoms with E-state index in [0.717, 1.165) is 4.88 Å². The number of aryl methyl sites for hydroxylation is 1. The van der Waals surface area contributed by atoms with E-state index in [1.807, 2.05) is 11.4 Å². The lowest BCUT2D eigenvalue weighted by molar-refractivity contribution is -0.137. The molecule has 0 radical (unpaired) electrons. The molecule has 20 heavy (non-hydrogen) atoms. The fraction of sp³-hybridized carbons (Fsp3) is 0.231. The molecule has 0 saturated heterocycles. The quantitative estimate of drug-likeness (QED) is 0.876. The molecule has 2 rings (SSSR count). The SMILES string of the molecule is Cc1cnc(C(=O)N[C@H](CC(=O)O)c2cccs2)cn1.